The molecule has 3 aromatic carbocycles. The predicted molar refractivity (Wildman–Crippen MR) is 126 cm³/mol. The van der Waals surface area contributed by atoms with Gasteiger partial charge in [0.25, 0.3) is 11.5 Å². The molecule has 0 aliphatic carbocycles. The van der Waals surface area contributed by atoms with Gasteiger partial charge in [-0.05, 0) is 37.3 Å². The minimum absolute atomic E-state index is 0.00912. The van der Waals surface area contributed by atoms with Crippen molar-refractivity contribution in [3.63, 3.8) is 0 Å². The number of benzene rings is 3. The van der Waals surface area contributed by atoms with Crippen LogP contribution in [0.15, 0.2) is 87.4 Å². The van der Waals surface area contributed by atoms with Gasteiger partial charge in [-0.3, -0.25) is 14.5 Å². The van der Waals surface area contributed by atoms with Crippen LogP contribution < -0.4 is 10.5 Å². The Balaban J connectivity index is 1.45. The van der Waals surface area contributed by atoms with Gasteiger partial charge in [0.05, 0.1) is 16.8 Å². The number of rotatable bonds is 4. The van der Waals surface area contributed by atoms with Crippen LogP contribution in [0.2, 0.25) is 0 Å². The van der Waals surface area contributed by atoms with Crippen LogP contribution >= 0.6 is 11.8 Å². The van der Waals surface area contributed by atoms with E-state index in [9.17, 15) is 14.4 Å². The van der Waals surface area contributed by atoms with E-state index in [4.69, 9.17) is 4.74 Å². The van der Waals surface area contributed by atoms with Crippen molar-refractivity contribution in [1.29, 1.82) is 0 Å². The maximum atomic E-state index is 13.3. The summed E-state index contributed by atoms with van der Waals surface area (Å²) in [7, 11) is 0. The lowest BCUT2D eigenvalue weighted by Gasteiger charge is -2.30. The number of carbonyl (C=O) groups excluding carboxylic acids is 2. The lowest BCUT2D eigenvalue weighted by molar-refractivity contribution is -0.121. The van der Waals surface area contributed by atoms with E-state index in [1.807, 2.05) is 48.5 Å². The fourth-order valence-corrected chi connectivity index (χ4v) is 4.89. The molecule has 0 saturated heterocycles. The molecule has 164 valence electrons. The summed E-state index contributed by atoms with van der Waals surface area (Å²) >= 11 is 1.59. The number of aryl methyl sites for hydroxylation is 1. The average Bonchev–Trinajstić information content (AvgIpc) is 2.86. The molecule has 0 atom stereocenters. The third-order valence-electron chi connectivity index (χ3n) is 5.37. The molecule has 1 aliphatic heterocycles. The maximum absolute atomic E-state index is 13.3. The highest BCUT2D eigenvalue weighted by atomic mass is 32.2. The molecule has 0 fully saturated rings. The van der Waals surface area contributed by atoms with Crippen molar-refractivity contribution in [3.8, 4) is 0 Å². The van der Waals surface area contributed by atoms with Gasteiger partial charge in [0.15, 0.2) is 12.3 Å². The predicted octanol–water partition coefficient (Wildman–Crippen LogP) is 4.40. The molecule has 1 aromatic heterocycles. The second-order valence-corrected chi connectivity index (χ2v) is 8.44. The van der Waals surface area contributed by atoms with Crippen LogP contribution in [-0.2, 0) is 16.1 Å². The Morgan fingerprint density at radius 2 is 1.45 bits per heavy atom. The van der Waals surface area contributed by atoms with E-state index in [0.29, 0.717) is 17.3 Å². The van der Waals surface area contributed by atoms with E-state index in [-0.39, 0.29) is 17.2 Å². The molecule has 0 N–H and O–H groups in total. The number of fused-ring (bicyclic) bond motifs is 3. The number of amides is 1. The quantitative estimate of drug-likeness (QED) is 0.423. The van der Waals surface area contributed by atoms with E-state index < -0.39 is 12.6 Å². The molecule has 4 aromatic rings. The molecular formula is C25H19N3O4S. The molecule has 0 saturated carbocycles. The van der Waals surface area contributed by atoms with Crippen molar-refractivity contribution in [3.05, 3.63) is 88.8 Å². The van der Waals surface area contributed by atoms with E-state index >= 15 is 0 Å². The number of nitrogens with zero attached hydrogens (tertiary/aromatic N) is 3. The summed E-state index contributed by atoms with van der Waals surface area (Å²) in [5, 5.41) is 4.96. The highest BCUT2D eigenvalue weighted by Gasteiger charge is 2.29. The third-order valence-corrected chi connectivity index (χ3v) is 6.50. The fraction of sp³-hybridized carbons (Fsp3) is 0.120. The number of aromatic nitrogens is 2. The summed E-state index contributed by atoms with van der Waals surface area (Å²) in [6, 6.07) is 21.9. The normalized spacial score (nSPS) is 12.2. The summed E-state index contributed by atoms with van der Waals surface area (Å²) in [6.07, 6.45) is 0. The number of hydrogen-bond donors (Lipinski definition) is 0. The zero-order valence-electron chi connectivity index (χ0n) is 17.7. The van der Waals surface area contributed by atoms with Gasteiger partial charge in [-0.1, -0.05) is 54.2 Å². The van der Waals surface area contributed by atoms with Gasteiger partial charge in [0.1, 0.15) is 0 Å². The first-order valence-corrected chi connectivity index (χ1v) is 11.3. The van der Waals surface area contributed by atoms with E-state index in [1.165, 1.54) is 4.68 Å². The Bertz CT molecular complexity index is 1420. The summed E-state index contributed by atoms with van der Waals surface area (Å²) < 4.78 is 6.62. The second-order valence-electron chi connectivity index (χ2n) is 7.36. The molecule has 1 amide bonds. The van der Waals surface area contributed by atoms with Crippen molar-refractivity contribution in [2.75, 3.05) is 11.5 Å². The third kappa shape index (κ3) is 3.68. The second kappa shape index (κ2) is 8.55. The molecule has 0 spiro atoms. The summed E-state index contributed by atoms with van der Waals surface area (Å²) in [6.45, 7) is 1.61. The summed E-state index contributed by atoms with van der Waals surface area (Å²) in [5.74, 6) is -1.13. The maximum Gasteiger partial charge on any atom is 0.359 e. The number of para-hydroxylation sites is 2. The Hall–Kier alpha value is -3.91. The van der Waals surface area contributed by atoms with Gasteiger partial charge in [-0.2, -0.15) is 5.10 Å². The number of anilines is 2. The number of hydrogen-bond acceptors (Lipinski definition) is 6. The average molecular weight is 458 g/mol. The van der Waals surface area contributed by atoms with E-state index in [0.717, 1.165) is 21.2 Å². The van der Waals surface area contributed by atoms with Gasteiger partial charge in [-0.15, -0.1) is 0 Å². The van der Waals surface area contributed by atoms with Crippen molar-refractivity contribution >= 4 is 45.8 Å². The summed E-state index contributed by atoms with van der Waals surface area (Å²) in [4.78, 5) is 42.2. The first-order valence-electron chi connectivity index (χ1n) is 10.4. The van der Waals surface area contributed by atoms with Crippen LogP contribution in [0.5, 0.6) is 0 Å². The Morgan fingerprint density at radius 3 is 2.09 bits per heavy atom. The molecular weight excluding hydrogens is 438 g/mol. The Kier molecular flexibility index (Phi) is 5.43. The number of carbonyl (C=O) groups is 2. The van der Waals surface area contributed by atoms with Gasteiger partial charge >= 0.3 is 5.97 Å². The zero-order valence-corrected chi connectivity index (χ0v) is 18.5. The lowest BCUT2D eigenvalue weighted by Crippen LogP contribution is -2.33. The van der Waals surface area contributed by atoms with Crippen molar-refractivity contribution in [1.82, 2.24) is 9.78 Å². The van der Waals surface area contributed by atoms with E-state index in [1.54, 1.807) is 47.9 Å². The molecule has 2 heterocycles. The van der Waals surface area contributed by atoms with Crippen molar-refractivity contribution in [2.45, 2.75) is 23.3 Å². The highest BCUT2D eigenvalue weighted by Crippen LogP contribution is 2.47. The zero-order chi connectivity index (χ0) is 22.9. The van der Waals surface area contributed by atoms with Gasteiger partial charge < -0.3 is 4.74 Å². The van der Waals surface area contributed by atoms with Crippen LogP contribution in [0.3, 0.4) is 0 Å². The smallest absolute Gasteiger partial charge is 0.359 e. The molecule has 8 heteroatoms. The van der Waals surface area contributed by atoms with Crippen LogP contribution in [0.1, 0.15) is 17.4 Å². The fourth-order valence-electron chi connectivity index (χ4n) is 3.83. The van der Waals surface area contributed by atoms with Crippen molar-refractivity contribution < 1.29 is 14.3 Å². The summed E-state index contributed by atoms with van der Waals surface area (Å²) in [5.41, 5.74) is 1.21. The number of esters is 1. The monoisotopic (exact) mass is 457 g/mol. The first kappa shape index (κ1) is 21.0. The van der Waals surface area contributed by atoms with Crippen molar-refractivity contribution in [2.24, 2.45) is 0 Å². The molecule has 5 rings (SSSR count). The number of ether oxygens (including phenoxy) is 1. The topological polar surface area (TPSA) is 81.5 Å². The van der Waals surface area contributed by atoms with Crippen LogP contribution in [-0.4, -0.2) is 28.3 Å². The molecule has 0 bridgehead atoms. The van der Waals surface area contributed by atoms with Gasteiger partial charge in [-0.25, -0.2) is 9.48 Å². The van der Waals surface area contributed by atoms with Crippen LogP contribution in [0.4, 0.5) is 11.4 Å². The first-order chi connectivity index (χ1) is 16.1. The van der Waals surface area contributed by atoms with Gasteiger partial charge in [0, 0.05) is 21.7 Å². The Labute approximate surface area is 193 Å². The standard InChI is InChI=1S/C25H19N3O4S/c1-2-27-24(30)17-10-4-3-9-16(17)23(26-27)25(31)32-15-22(29)28-18-11-5-7-13-20(18)33-21-14-8-6-12-19(21)28/h3-14H,2,15H2,1H3. The molecule has 7 nitrogen and oxygen atoms in total. The lowest BCUT2D eigenvalue weighted by atomic mass is 10.1. The van der Waals surface area contributed by atoms with Crippen LogP contribution in [0.25, 0.3) is 10.8 Å². The molecule has 1 aliphatic rings. The van der Waals surface area contributed by atoms with Gasteiger partial charge in [0.2, 0.25) is 0 Å². The SMILES string of the molecule is CCn1nc(C(=O)OCC(=O)N2c3ccccc3Sc3ccccc32)c2ccccc2c1=O. The minimum Gasteiger partial charge on any atom is -0.451 e. The Morgan fingerprint density at radius 1 is 0.879 bits per heavy atom. The molecule has 0 radical (unpaired) electrons. The minimum atomic E-state index is -0.755. The van der Waals surface area contributed by atoms with E-state index in [2.05, 4.69) is 5.10 Å². The molecule has 0 unspecified atom stereocenters. The van der Waals surface area contributed by atoms with Crippen LogP contribution in [0, 0.1) is 0 Å². The molecule has 33 heavy (non-hydrogen) atoms. The largest absolute Gasteiger partial charge is 0.451 e. The highest BCUT2D eigenvalue weighted by molar-refractivity contribution is 7.99.